The summed E-state index contributed by atoms with van der Waals surface area (Å²) in [6.45, 7) is 3.05. The Kier molecular flexibility index (Phi) is 5.98. The maximum Gasteiger partial charge on any atom is 0.245 e. The molecule has 1 aromatic rings. The molecule has 0 saturated carbocycles. The van der Waals surface area contributed by atoms with Crippen molar-refractivity contribution >= 4 is 11.8 Å². The van der Waals surface area contributed by atoms with Crippen LogP contribution in [-0.4, -0.2) is 40.9 Å². The van der Waals surface area contributed by atoms with Crippen LogP contribution in [-0.2, 0) is 16.0 Å². The number of hydrogen-bond donors (Lipinski definition) is 2. The maximum atomic E-state index is 13.9. The van der Waals surface area contributed by atoms with E-state index < -0.39 is 29.5 Å². The molecule has 154 valence electrons. The number of nitrogens with two attached hydrogens (primary N) is 1. The molecule has 0 unspecified atom stereocenters. The number of rotatable bonds is 5. The van der Waals surface area contributed by atoms with E-state index >= 15 is 0 Å². The zero-order valence-corrected chi connectivity index (χ0v) is 16.1. The summed E-state index contributed by atoms with van der Waals surface area (Å²) in [5, 5.41) is 2.63. The largest absolute Gasteiger partial charge is 0.345 e. The average molecular weight is 397 g/mol. The highest BCUT2D eigenvalue weighted by Gasteiger charge is 2.45. The molecule has 0 aromatic heterocycles. The molecule has 2 aliphatic rings. The second kappa shape index (κ2) is 8.11. The molecule has 28 heavy (non-hydrogen) atoms. The van der Waals surface area contributed by atoms with Crippen LogP contribution in [0, 0.1) is 23.4 Å². The third-order valence-electron chi connectivity index (χ3n) is 5.96. The van der Waals surface area contributed by atoms with Crippen LogP contribution < -0.4 is 11.1 Å². The first-order valence-electron chi connectivity index (χ1n) is 9.65. The molecule has 2 bridgehead atoms. The van der Waals surface area contributed by atoms with Crippen molar-refractivity contribution in [1.29, 1.82) is 0 Å². The van der Waals surface area contributed by atoms with Gasteiger partial charge >= 0.3 is 0 Å². The van der Waals surface area contributed by atoms with E-state index in [1.807, 2.05) is 4.90 Å². The highest BCUT2D eigenvalue weighted by Crippen LogP contribution is 2.40. The standard InChI is InChI=1S/C20H26F3N3O2/c1-10(25-11(2)27)20(28)26-14-3-4-15(26)6-13(5-14)19(24)8-12-7-17(22)18(23)9-16(12)21/h7,9-10,13-15,19H,3-6,8,24H2,1-2H3,(H,25,27)/t10-,13-,14-,15+,19+/m0/s1. The Morgan fingerprint density at radius 1 is 1.14 bits per heavy atom. The van der Waals surface area contributed by atoms with Crippen LogP contribution in [0.2, 0.25) is 0 Å². The second-order valence-corrected chi connectivity index (χ2v) is 8.01. The highest BCUT2D eigenvalue weighted by molar-refractivity contribution is 5.87. The van der Waals surface area contributed by atoms with Crippen molar-refractivity contribution in [3.8, 4) is 0 Å². The summed E-state index contributed by atoms with van der Waals surface area (Å²) >= 11 is 0. The van der Waals surface area contributed by atoms with Gasteiger partial charge in [0.05, 0.1) is 0 Å². The van der Waals surface area contributed by atoms with Gasteiger partial charge in [-0.15, -0.1) is 0 Å². The van der Waals surface area contributed by atoms with Crippen molar-refractivity contribution in [3.05, 3.63) is 35.1 Å². The predicted molar refractivity (Wildman–Crippen MR) is 97.7 cm³/mol. The molecule has 0 aliphatic carbocycles. The van der Waals surface area contributed by atoms with E-state index in [2.05, 4.69) is 5.32 Å². The molecule has 2 amide bonds. The van der Waals surface area contributed by atoms with Crippen LogP contribution in [0.1, 0.15) is 45.1 Å². The first kappa shape index (κ1) is 20.6. The normalized spacial score (nSPS) is 26.1. The number of carbonyl (C=O) groups excluding carboxylic acids is 2. The summed E-state index contributed by atoms with van der Waals surface area (Å²) < 4.78 is 40.5. The van der Waals surface area contributed by atoms with Crippen molar-refractivity contribution in [3.63, 3.8) is 0 Å². The third kappa shape index (κ3) is 4.16. The van der Waals surface area contributed by atoms with Crippen LogP contribution >= 0.6 is 0 Å². The molecular formula is C20H26F3N3O2. The van der Waals surface area contributed by atoms with Gasteiger partial charge in [0, 0.05) is 31.1 Å². The smallest absolute Gasteiger partial charge is 0.245 e. The van der Waals surface area contributed by atoms with Gasteiger partial charge in [0.25, 0.3) is 0 Å². The van der Waals surface area contributed by atoms with Gasteiger partial charge in [0.15, 0.2) is 11.6 Å². The maximum absolute atomic E-state index is 13.9. The number of hydrogen-bond acceptors (Lipinski definition) is 3. The lowest BCUT2D eigenvalue weighted by molar-refractivity contribution is -0.140. The Balaban J connectivity index is 1.66. The van der Waals surface area contributed by atoms with Gasteiger partial charge in [0.1, 0.15) is 11.9 Å². The predicted octanol–water partition coefficient (Wildman–Crippen LogP) is 2.27. The minimum absolute atomic E-state index is 0.0355. The number of nitrogens with one attached hydrogen (secondary N) is 1. The topological polar surface area (TPSA) is 75.4 Å². The van der Waals surface area contributed by atoms with Gasteiger partial charge in [-0.25, -0.2) is 13.2 Å². The molecule has 5 nitrogen and oxygen atoms in total. The lowest BCUT2D eigenvalue weighted by Crippen LogP contribution is -2.55. The number of piperidine rings is 1. The molecule has 2 saturated heterocycles. The first-order chi connectivity index (χ1) is 13.2. The second-order valence-electron chi connectivity index (χ2n) is 8.01. The lowest BCUT2D eigenvalue weighted by Gasteiger charge is -2.42. The van der Waals surface area contributed by atoms with Gasteiger partial charge in [-0.1, -0.05) is 0 Å². The van der Waals surface area contributed by atoms with E-state index in [-0.39, 0.29) is 41.8 Å². The molecule has 0 spiro atoms. The molecule has 0 radical (unpaired) electrons. The zero-order valence-electron chi connectivity index (χ0n) is 16.1. The monoisotopic (exact) mass is 397 g/mol. The summed E-state index contributed by atoms with van der Waals surface area (Å²) in [5.74, 6) is -3.39. The number of nitrogens with zero attached hydrogens (tertiary/aromatic N) is 1. The lowest BCUT2D eigenvalue weighted by atomic mass is 9.82. The Morgan fingerprint density at radius 3 is 2.29 bits per heavy atom. The molecule has 2 aliphatic heterocycles. The van der Waals surface area contributed by atoms with Crippen LogP contribution in [0.25, 0.3) is 0 Å². The number of amides is 2. The fourth-order valence-electron chi connectivity index (χ4n) is 4.66. The van der Waals surface area contributed by atoms with Gasteiger partial charge < -0.3 is 16.0 Å². The van der Waals surface area contributed by atoms with E-state index in [1.165, 1.54) is 6.92 Å². The SMILES string of the molecule is CC(=O)N[C@@H](C)C(=O)N1[C@@H]2CC[C@H]1C[C@H]([C@H](N)Cc1cc(F)c(F)cc1F)C2. The van der Waals surface area contributed by atoms with E-state index in [0.29, 0.717) is 18.9 Å². The van der Waals surface area contributed by atoms with Crippen molar-refractivity contribution < 1.29 is 22.8 Å². The van der Waals surface area contributed by atoms with Gasteiger partial charge in [-0.3, -0.25) is 9.59 Å². The number of halogens is 3. The molecule has 2 heterocycles. The van der Waals surface area contributed by atoms with E-state index in [9.17, 15) is 22.8 Å². The molecule has 3 rings (SSSR count). The fourth-order valence-corrected chi connectivity index (χ4v) is 4.66. The number of benzene rings is 1. The molecular weight excluding hydrogens is 371 g/mol. The quantitative estimate of drug-likeness (QED) is 0.749. The Bertz CT molecular complexity index is 759. The Labute approximate surface area is 162 Å². The van der Waals surface area contributed by atoms with Crippen molar-refractivity contribution in [2.75, 3.05) is 0 Å². The van der Waals surface area contributed by atoms with Crippen LogP contribution in [0.3, 0.4) is 0 Å². The Hall–Kier alpha value is -2.09. The number of fused-ring (bicyclic) bond motifs is 2. The average Bonchev–Trinajstić information content (AvgIpc) is 2.87. The first-order valence-corrected chi connectivity index (χ1v) is 9.65. The minimum atomic E-state index is -1.21. The van der Waals surface area contributed by atoms with Crippen LogP contribution in [0.5, 0.6) is 0 Å². The summed E-state index contributed by atoms with van der Waals surface area (Å²) in [6.07, 6.45) is 3.21. The summed E-state index contributed by atoms with van der Waals surface area (Å²) in [4.78, 5) is 25.8. The summed E-state index contributed by atoms with van der Waals surface area (Å²) in [6, 6.07) is 0.495. The molecule has 2 fully saturated rings. The van der Waals surface area contributed by atoms with Gasteiger partial charge in [-0.05, 0) is 56.6 Å². The van der Waals surface area contributed by atoms with Crippen molar-refractivity contribution in [2.24, 2.45) is 11.7 Å². The molecule has 3 N–H and O–H groups in total. The fraction of sp³-hybridized carbons (Fsp3) is 0.600. The highest BCUT2D eigenvalue weighted by atomic mass is 19.2. The van der Waals surface area contributed by atoms with E-state index in [0.717, 1.165) is 18.9 Å². The van der Waals surface area contributed by atoms with Gasteiger partial charge in [-0.2, -0.15) is 0 Å². The Morgan fingerprint density at radius 2 is 1.71 bits per heavy atom. The molecule has 1 aromatic carbocycles. The van der Waals surface area contributed by atoms with Crippen molar-refractivity contribution in [2.45, 2.75) is 70.1 Å². The minimum Gasteiger partial charge on any atom is -0.345 e. The third-order valence-corrected chi connectivity index (χ3v) is 5.96. The summed E-state index contributed by atoms with van der Waals surface area (Å²) in [7, 11) is 0. The number of carbonyl (C=O) groups is 2. The van der Waals surface area contributed by atoms with Crippen molar-refractivity contribution in [1.82, 2.24) is 10.2 Å². The van der Waals surface area contributed by atoms with E-state index in [4.69, 9.17) is 5.73 Å². The zero-order chi connectivity index (χ0) is 20.6. The van der Waals surface area contributed by atoms with Crippen LogP contribution in [0.15, 0.2) is 12.1 Å². The summed E-state index contributed by atoms with van der Waals surface area (Å²) in [5.41, 5.74) is 6.36. The van der Waals surface area contributed by atoms with Gasteiger partial charge in [0.2, 0.25) is 11.8 Å². The van der Waals surface area contributed by atoms with E-state index in [1.54, 1.807) is 6.92 Å². The molecule has 5 atom stereocenters. The molecule has 8 heteroatoms. The van der Waals surface area contributed by atoms with Crippen LogP contribution in [0.4, 0.5) is 13.2 Å².